The number of aromatic hydroxyl groups is 1. The van der Waals surface area contributed by atoms with E-state index in [1.165, 1.54) is 5.56 Å². The van der Waals surface area contributed by atoms with E-state index in [-0.39, 0.29) is 43.1 Å². The minimum atomic E-state index is -0.350. The van der Waals surface area contributed by atoms with Gasteiger partial charge in [0.2, 0.25) is 0 Å². The molecule has 9 aromatic rings. The maximum absolute atomic E-state index is 12.2. The van der Waals surface area contributed by atoms with Gasteiger partial charge in [-0.3, -0.25) is 9.55 Å². The summed E-state index contributed by atoms with van der Waals surface area (Å²) in [5, 5.41) is 14.3. The zero-order valence-electron chi connectivity index (χ0n) is 34.8. The molecular weight excluding hydrogens is 906 g/mol. The summed E-state index contributed by atoms with van der Waals surface area (Å²) in [5.74, 6) is 0.936. The van der Waals surface area contributed by atoms with Crippen LogP contribution in [0.2, 0.25) is 0 Å². The third kappa shape index (κ3) is 7.10. The molecule has 0 bridgehead atoms. The van der Waals surface area contributed by atoms with Crippen LogP contribution < -0.4 is 0 Å². The van der Waals surface area contributed by atoms with Gasteiger partial charge in [0, 0.05) is 54.2 Å². The van der Waals surface area contributed by atoms with Gasteiger partial charge in [-0.05, 0) is 52.3 Å². The molecule has 298 valence electrons. The maximum atomic E-state index is 12.2. The van der Waals surface area contributed by atoms with Gasteiger partial charge in [-0.15, -0.1) is 29.3 Å². The van der Waals surface area contributed by atoms with E-state index in [2.05, 4.69) is 163 Å². The molecule has 3 heterocycles. The zero-order valence-corrected chi connectivity index (χ0v) is 37.1. The number of aromatic nitrogens is 3. The van der Waals surface area contributed by atoms with Gasteiger partial charge in [-0.1, -0.05) is 158 Å². The van der Waals surface area contributed by atoms with E-state index in [0.717, 1.165) is 77.7 Å². The van der Waals surface area contributed by atoms with Gasteiger partial charge in [0.05, 0.1) is 22.8 Å². The first-order valence-electron chi connectivity index (χ1n) is 20.0. The van der Waals surface area contributed by atoms with Crippen LogP contribution in [0.4, 0.5) is 0 Å². The van der Waals surface area contributed by atoms with Gasteiger partial charge >= 0.3 is 0 Å². The summed E-state index contributed by atoms with van der Waals surface area (Å²) >= 11 is 0. The predicted octanol–water partition coefficient (Wildman–Crippen LogP) is 13.7. The van der Waals surface area contributed by atoms with Crippen LogP contribution in [0.15, 0.2) is 144 Å². The standard InChI is InChI=1S/C53H48N3O2.Pt/c1-51(2,3)36-29-42(49(57)43(30-36)52(4,5)6)50-55-48-39(23-17-24-45(48)56(50)38-20-13-10-14-21-38)33-26-34(28-37(27-33)53(7,8)35-18-11-9-12-19-35)44-31-41-40-22-15-16-25-46(40)58-47(41)32-54-44;/h9-25,27-32,57H,1-8H3;/q-1;. The Morgan fingerprint density at radius 2 is 1.27 bits per heavy atom. The van der Waals surface area contributed by atoms with E-state index in [0.29, 0.717) is 11.4 Å². The van der Waals surface area contributed by atoms with Crippen LogP contribution in [0.1, 0.15) is 77.6 Å². The Morgan fingerprint density at radius 3 is 1.98 bits per heavy atom. The first-order chi connectivity index (χ1) is 27.7. The van der Waals surface area contributed by atoms with E-state index >= 15 is 0 Å². The van der Waals surface area contributed by atoms with E-state index < -0.39 is 0 Å². The van der Waals surface area contributed by atoms with Crippen LogP contribution in [-0.4, -0.2) is 19.6 Å². The van der Waals surface area contributed by atoms with Crippen molar-refractivity contribution in [2.45, 2.75) is 71.6 Å². The second-order valence-electron chi connectivity index (χ2n) is 18.1. The number of para-hydroxylation sites is 3. The number of furan rings is 1. The largest absolute Gasteiger partial charge is 0.507 e. The van der Waals surface area contributed by atoms with Crippen LogP contribution >= 0.6 is 0 Å². The Morgan fingerprint density at radius 1 is 0.593 bits per heavy atom. The Hall–Kier alpha value is -5.77. The molecule has 3 aromatic heterocycles. The molecule has 59 heavy (non-hydrogen) atoms. The smallest absolute Gasteiger partial charge is 0.152 e. The van der Waals surface area contributed by atoms with Crippen molar-refractivity contribution in [3.8, 4) is 45.2 Å². The van der Waals surface area contributed by atoms with Crippen molar-refractivity contribution < 1.29 is 30.6 Å². The first-order valence-corrected chi connectivity index (χ1v) is 20.0. The molecular formula is C53H48N3O2Pt-. The van der Waals surface area contributed by atoms with Crippen molar-refractivity contribution in [1.82, 2.24) is 14.5 Å². The number of fused-ring (bicyclic) bond motifs is 4. The molecule has 0 saturated carbocycles. The summed E-state index contributed by atoms with van der Waals surface area (Å²) in [4.78, 5) is 10.5. The van der Waals surface area contributed by atoms with Crippen molar-refractivity contribution in [1.29, 1.82) is 0 Å². The zero-order chi connectivity index (χ0) is 40.6. The molecule has 0 aliphatic rings. The monoisotopic (exact) mass is 953 g/mol. The molecule has 6 aromatic carbocycles. The molecule has 0 radical (unpaired) electrons. The van der Waals surface area contributed by atoms with Crippen molar-refractivity contribution >= 4 is 33.0 Å². The number of phenolic OH excluding ortho intramolecular Hbond substituents is 1. The Labute approximate surface area is 361 Å². The summed E-state index contributed by atoms with van der Waals surface area (Å²) in [6.07, 6.45) is 1.83. The van der Waals surface area contributed by atoms with E-state index in [4.69, 9.17) is 14.4 Å². The number of hydrogen-bond acceptors (Lipinski definition) is 4. The second kappa shape index (κ2) is 14.8. The Balaban J connectivity index is 0.00000484. The second-order valence-corrected chi connectivity index (χ2v) is 18.1. The van der Waals surface area contributed by atoms with E-state index in [1.807, 2.05) is 42.6 Å². The molecule has 0 aliphatic heterocycles. The van der Waals surface area contributed by atoms with Gasteiger partial charge in [-0.25, -0.2) is 4.98 Å². The summed E-state index contributed by atoms with van der Waals surface area (Å²) in [7, 11) is 0. The molecule has 6 heteroatoms. The normalized spacial score (nSPS) is 12.3. The third-order valence-electron chi connectivity index (χ3n) is 11.6. The number of imidazole rings is 1. The molecule has 0 fully saturated rings. The van der Waals surface area contributed by atoms with Crippen molar-refractivity contribution in [3.63, 3.8) is 0 Å². The van der Waals surface area contributed by atoms with Crippen LogP contribution in [0.3, 0.4) is 0 Å². The van der Waals surface area contributed by atoms with Gasteiger partial charge in [0.1, 0.15) is 17.2 Å². The Bertz CT molecular complexity index is 3000. The van der Waals surface area contributed by atoms with Crippen LogP contribution in [0, 0.1) is 6.07 Å². The minimum Gasteiger partial charge on any atom is -0.507 e. The fourth-order valence-corrected chi connectivity index (χ4v) is 8.16. The quantitative estimate of drug-likeness (QED) is 0.169. The van der Waals surface area contributed by atoms with Gasteiger partial charge < -0.3 is 9.52 Å². The summed E-state index contributed by atoms with van der Waals surface area (Å²) < 4.78 is 8.35. The van der Waals surface area contributed by atoms with Crippen molar-refractivity contribution in [3.05, 3.63) is 168 Å². The van der Waals surface area contributed by atoms with Gasteiger partial charge in [0.15, 0.2) is 5.58 Å². The molecule has 1 N–H and O–H groups in total. The summed E-state index contributed by atoms with van der Waals surface area (Å²) in [5.41, 5.74) is 12.1. The van der Waals surface area contributed by atoms with Gasteiger partial charge in [0.25, 0.3) is 0 Å². The number of rotatable bonds is 6. The maximum Gasteiger partial charge on any atom is 0.152 e. The van der Waals surface area contributed by atoms with Crippen molar-refractivity contribution in [2.24, 2.45) is 0 Å². The van der Waals surface area contributed by atoms with Crippen LogP contribution in [0.5, 0.6) is 5.75 Å². The fourth-order valence-electron chi connectivity index (χ4n) is 8.16. The van der Waals surface area contributed by atoms with Gasteiger partial charge in [-0.2, -0.15) is 0 Å². The topological polar surface area (TPSA) is 64.1 Å². The average Bonchev–Trinajstić information content (AvgIpc) is 3.79. The van der Waals surface area contributed by atoms with E-state index in [1.54, 1.807) is 0 Å². The third-order valence-corrected chi connectivity index (χ3v) is 11.6. The summed E-state index contributed by atoms with van der Waals surface area (Å²) in [6.45, 7) is 17.6. The molecule has 5 nitrogen and oxygen atoms in total. The number of phenols is 1. The molecule has 0 aliphatic carbocycles. The Kier molecular flexibility index (Phi) is 10.0. The molecule has 0 unspecified atom stereocenters. The summed E-state index contributed by atoms with van der Waals surface area (Å²) in [6, 6.07) is 50.1. The molecule has 9 rings (SSSR count). The number of pyridine rings is 1. The fraction of sp³-hybridized carbons (Fsp3) is 0.208. The molecule has 0 atom stereocenters. The number of benzene rings is 6. The average molecular weight is 954 g/mol. The minimum absolute atomic E-state index is 0. The van der Waals surface area contributed by atoms with Crippen LogP contribution in [-0.2, 0) is 37.3 Å². The number of hydrogen-bond donors (Lipinski definition) is 1. The molecule has 0 spiro atoms. The molecule has 0 saturated heterocycles. The SMILES string of the molecule is CC(C)(C)c1cc(-c2nc3c(-c4[c-]c(-c5cc6c(cn5)oc5ccccc56)cc(C(C)(C)c5ccccc5)c4)cccc3n2-c2ccccc2)c(O)c(C(C)(C)C)c1.[Pt]. The number of nitrogens with zero attached hydrogens (tertiary/aromatic N) is 3. The van der Waals surface area contributed by atoms with E-state index in [9.17, 15) is 5.11 Å². The predicted molar refractivity (Wildman–Crippen MR) is 239 cm³/mol. The first kappa shape index (κ1) is 40.0. The molecule has 0 amide bonds. The van der Waals surface area contributed by atoms with Crippen LogP contribution in [0.25, 0.3) is 72.4 Å². The van der Waals surface area contributed by atoms with Crippen molar-refractivity contribution in [2.75, 3.05) is 0 Å².